The zero-order valence-electron chi connectivity index (χ0n) is 8.10. The van der Waals surface area contributed by atoms with Crippen molar-refractivity contribution in [2.24, 2.45) is 5.92 Å². The van der Waals surface area contributed by atoms with Gasteiger partial charge < -0.3 is 5.32 Å². The summed E-state index contributed by atoms with van der Waals surface area (Å²) in [4.78, 5) is 15.3. The van der Waals surface area contributed by atoms with Gasteiger partial charge in [-0.25, -0.2) is 19.3 Å². The molecule has 2 N–H and O–H groups in total. The minimum absolute atomic E-state index is 0.258. The van der Waals surface area contributed by atoms with Crippen LogP contribution in [-0.2, 0) is 0 Å². The van der Waals surface area contributed by atoms with Crippen molar-refractivity contribution in [1.82, 2.24) is 19.6 Å². The first-order valence-electron chi connectivity index (χ1n) is 4.99. The lowest BCUT2D eigenvalue weighted by atomic mass is 10.4. The van der Waals surface area contributed by atoms with E-state index in [1.807, 2.05) is 0 Å². The highest BCUT2D eigenvalue weighted by Crippen LogP contribution is 2.28. The molecular formula is C9H11N5O. The molecule has 0 aromatic carbocycles. The van der Waals surface area contributed by atoms with Crippen LogP contribution in [0.1, 0.15) is 12.8 Å². The first kappa shape index (κ1) is 8.46. The van der Waals surface area contributed by atoms with Gasteiger partial charge in [-0.2, -0.15) is 5.10 Å². The summed E-state index contributed by atoms with van der Waals surface area (Å²) in [5, 5.41) is 9.47. The van der Waals surface area contributed by atoms with Gasteiger partial charge in [0.15, 0.2) is 5.65 Å². The predicted octanol–water partition coefficient (Wildman–Crippen LogP) is 0.239. The smallest absolute Gasteiger partial charge is 0.348 e. The summed E-state index contributed by atoms with van der Waals surface area (Å²) in [5.41, 5.74) is 0.333. The Labute approximate surface area is 85.3 Å². The number of hydrogen-bond donors (Lipinski definition) is 2. The van der Waals surface area contributed by atoms with E-state index in [-0.39, 0.29) is 5.69 Å². The van der Waals surface area contributed by atoms with Crippen molar-refractivity contribution in [3.8, 4) is 0 Å². The monoisotopic (exact) mass is 205 g/mol. The van der Waals surface area contributed by atoms with Crippen molar-refractivity contribution in [2.45, 2.75) is 12.8 Å². The van der Waals surface area contributed by atoms with Gasteiger partial charge in [0.1, 0.15) is 12.1 Å². The number of fused-ring (bicyclic) bond motifs is 1. The molecule has 2 aromatic heterocycles. The van der Waals surface area contributed by atoms with E-state index in [0.29, 0.717) is 5.65 Å². The number of hydrogen-bond acceptors (Lipinski definition) is 4. The number of nitrogens with zero attached hydrogens (tertiary/aromatic N) is 3. The Kier molecular flexibility index (Phi) is 1.74. The SMILES string of the molecule is O=c1[nH]nc2cc(NCC3CC3)ncn12. The molecule has 2 heterocycles. The minimum atomic E-state index is -0.258. The van der Waals surface area contributed by atoms with Crippen molar-refractivity contribution in [1.29, 1.82) is 0 Å². The van der Waals surface area contributed by atoms with Crippen LogP contribution in [0.15, 0.2) is 17.2 Å². The Morgan fingerprint density at radius 3 is 3.27 bits per heavy atom. The van der Waals surface area contributed by atoms with Gasteiger partial charge in [0.25, 0.3) is 0 Å². The van der Waals surface area contributed by atoms with Crippen molar-refractivity contribution >= 4 is 11.5 Å². The van der Waals surface area contributed by atoms with E-state index in [2.05, 4.69) is 20.5 Å². The van der Waals surface area contributed by atoms with E-state index in [4.69, 9.17) is 0 Å². The molecule has 6 heteroatoms. The summed E-state index contributed by atoms with van der Waals surface area (Å²) in [7, 11) is 0. The highest BCUT2D eigenvalue weighted by molar-refractivity contribution is 5.48. The van der Waals surface area contributed by atoms with Crippen molar-refractivity contribution in [3.05, 3.63) is 22.9 Å². The highest BCUT2D eigenvalue weighted by Gasteiger charge is 2.20. The molecule has 2 aromatic rings. The van der Waals surface area contributed by atoms with Crippen molar-refractivity contribution in [2.75, 3.05) is 11.9 Å². The Bertz CT molecular complexity index is 539. The zero-order valence-corrected chi connectivity index (χ0v) is 8.10. The summed E-state index contributed by atoms with van der Waals surface area (Å²) >= 11 is 0. The summed E-state index contributed by atoms with van der Waals surface area (Å²) < 4.78 is 1.38. The number of anilines is 1. The summed E-state index contributed by atoms with van der Waals surface area (Å²) in [6, 6.07) is 1.76. The molecule has 0 spiro atoms. The molecule has 15 heavy (non-hydrogen) atoms. The van der Waals surface area contributed by atoms with Crippen LogP contribution in [0.2, 0.25) is 0 Å². The van der Waals surface area contributed by atoms with Gasteiger partial charge in [0.05, 0.1) is 0 Å². The van der Waals surface area contributed by atoms with Crippen LogP contribution in [0.5, 0.6) is 0 Å². The highest BCUT2D eigenvalue weighted by atomic mass is 16.1. The molecule has 0 amide bonds. The molecule has 1 aliphatic carbocycles. The Hall–Kier alpha value is -1.85. The lowest BCUT2D eigenvalue weighted by Crippen LogP contribution is -2.11. The third-order valence-electron chi connectivity index (χ3n) is 2.58. The topological polar surface area (TPSA) is 75.1 Å². The molecule has 0 saturated heterocycles. The number of aromatic amines is 1. The number of nitrogens with one attached hydrogen (secondary N) is 2. The van der Waals surface area contributed by atoms with Gasteiger partial charge in [0.2, 0.25) is 0 Å². The fourth-order valence-corrected chi connectivity index (χ4v) is 1.48. The fraction of sp³-hybridized carbons (Fsp3) is 0.444. The number of H-pyrrole nitrogens is 1. The third kappa shape index (κ3) is 1.58. The summed E-state index contributed by atoms with van der Waals surface area (Å²) in [6.07, 6.45) is 4.09. The first-order valence-corrected chi connectivity index (χ1v) is 4.99. The van der Waals surface area contributed by atoms with Crippen LogP contribution in [-0.4, -0.2) is 26.1 Å². The molecule has 0 atom stereocenters. The molecule has 1 fully saturated rings. The molecule has 0 aliphatic heterocycles. The summed E-state index contributed by atoms with van der Waals surface area (Å²) in [5.74, 6) is 1.57. The van der Waals surface area contributed by atoms with E-state index in [9.17, 15) is 4.79 Å². The maximum absolute atomic E-state index is 11.2. The Balaban J connectivity index is 1.88. The average Bonchev–Trinajstić information content (AvgIpc) is 3.01. The molecule has 6 nitrogen and oxygen atoms in total. The second-order valence-electron chi connectivity index (χ2n) is 3.86. The first-order chi connectivity index (χ1) is 7.33. The Morgan fingerprint density at radius 2 is 2.47 bits per heavy atom. The maximum Gasteiger partial charge on any atom is 0.348 e. The van der Waals surface area contributed by atoms with Crippen LogP contribution >= 0.6 is 0 Å². The van der Waals surface area contributed by atoms with Gasteiger partial charge in [-0.1, -0.05) is 0 Å². The van der Waals surface area contributed by atoms with Crippen LogP contribution in [0.3, 0.4) is 0 Å². The second kappa shape index (κ2) is 3.08. The van der Waals surface area contributed by atoms with Gasteiger partial charge in [0, 0.05) is 12.6 Å². The lowest BCUT2D eigenvalue weighted by Gasteiger charge is -2.02. The van der Waals surface area contributed by atoms with Crippen molar-refractivity contribution < 1.29 is 0 Å². The van der Waals surface area contributed by atoms with Gasteiger partial charge in [-0.05, 0) is 18.8 Å². The van der Waals surface area contributed by atoms with Gasteiger partial charge >= 0.3 is 5.69 Å². The molecule has 0 radical (unpaired) electrons. The number of aromatic nitrogens is 4. The lowest BCUT2D eigenvalue weighted by molar-refractivity contribution is 0.879. The van der Waals surface area contributed by atoms with E-state index < -0.39 is 0 Å². The third-order valence-corrected chi connectivity index (χ3v) is 2.58. The van der Waals surface area contributed by atoms with Gasteiger partial charge in [-0.3, -0.25) is 0 Å². The standard InChI is InChI=1S/C9H11N5O/c15-9-13-12-8-3-7(11-5-14(8)9)10-4-6-1-2-6/h3,5-6,10H,1-2,4H2,(H,13,15). The van der Waals surface area contributed by atoms with E-state index in [0.717, 1.165) is 18.3 Å². The Morgan fingerprint density at radius 1 is 1.60 bits per heavy atom. The maximum atomic E-state index is 11.2. The average molecular weight is 205 g/mol. The molecule has 78 valence electrons. The molecule has 3 rings (SSSR count). The van der Waals surface area contributed by atoms with Crippen LogP contribution < -0.4 is 11.0 Å². The molecule has 1 saturated carbocycles. The quantitative estimate of drug-likeness (QED) is 0.752. The second-order valence-corrected chi connectivity index (χ2v) is 3.86. The fourth-order valence-electron chi connectivity index (χ4n) is 1.48. The molecule has 0 unspecified atom stereocenters. The van der Waals surface area contributed by atoms with E-state index >= 15 is 0 Å². The molecule has 1 aliphatic rings. The van der Waals surface area contributed by atoms with Gasteiger partial charge in [-0.15, -0.1) is 0 Å². The largest absolute Gasteiger partial charge is 0.370 e. The van der Waals surface area contributed by atoms with Crippen LogP contribution in [0, 0.1) is 5.92 Å². The number of rotatable bonds is 3. The normalized spacial score (nSPS) is 15.7. The van der Waals surface area contributed by atoms with E-state index in [1.54, 1.807) is 6.07 Å². The van der Waals surface area contributed by atoms with Crippen LogP contribution in [0.25, 0.3) is 5.65 Å². The molecule has 0 bridgehead atoms. The van der Waals surface area contributed by atoms with E-state index in [1.165, 1.54) is 23.6 Å². The predicted molar refractivity (Wildman–Crippen MR) is 54.8 cm³/mol. The summed E-state index contributed by atoms with van der Waals surface area (Å²) in [6.45, 7) is 0.956. The van der Waals surface area contributed by atoms with Crippen molar-refractivity contribution in [3.63, 3.8) is 0 Å². The van der Waals surface area contributed by atoms with Crippen LogP contribution in [0.4, 0.5) is 5.82 Å². The minimum Gasteiger partial charge on any atom is -0.370 e. The zero-order chi connectivity index (χ0) is 10.3. The molecular weight excluding hydrogens is 194 g/mol.